The highest BCUT2D eigenvalue weighted by Crippen LogP contribution is 2.36. The first-order valence-corrected chi connectivity index (χ1v) is 6.81. The van der Waals surface area contributed by atoms with E-state index in [0.717, 1.165) is 18.0 Å². The lowest BCUT2D eigenvalue weighted by Crippen LogP contribution is -2.52. The van der Waals surface area contributed by atoms with E-state index in [0.29, 0.717) is 12.8 Å². The predicted molar refractivity (Wildman–Crippen MR) is 68.1 cm³/mol. The molecule has 0 aliphatic heterocycles. The molecular formula is C11H18N4O2S. The Kier molecular flexibility index (Phi) is 3.91. The topological polar surface area (TPSA) is 83.0 Å². The van der Waals surface area contributed by atoms with E-state index in [1.165, 1.54) is 13.4 Å². The Morgan fingerprint density at radius 3 is 3.11 bits per heavy atom. The summed E-state index contributed by atoms with van der Waals surface area (Å²) in [6, 6.07) is 0. The Morgan fingerprint density at radius 1 is 1.72 bits per heavy atom. The van der Waals surface area contributed by atoms with Crippen LogP contribution in [0.15, 0.2) is 11.5 Å². The first-order valence-electron chi connectivity index (χ1n) is 5.93. The van der Waals surface area contributed by atoms with Crippen LogP contribution >= 0.6 is 11.8 Å². The number of carbonyl (C=O) groups excluding carboxylic acids is 1. The minimum atomic E-state index is -0.844. The number of esters is 1. The molecule has 2 unspecified atom stereocenters. The van der Waals surface area contributed by atoms with Crippen LogP contribution < -0.4 is 5.73 Å². The summed E-state index contributed by atoms with van der Waals surface area (Å²) < 4.78 is 6.53. The summed E-state index contributed by atoms with van der Waals surface area (Å²) in [5.74, 6) is -0.314. The number of aryl methyl sites for hydroxylation is 1. The molecule has 0 aromatic carbocycles. The fraction of sp³-hybridized carbons (Fsp3) is 0.727. The van der Waals surface area contributed by atoms with Gasteiger partial charge in [-0.05, 0) is 25.7 Å². The van der Waals surface area contributed by atoms with Gasteiger partial charge in [-0.2, -0.15) is 5.10 Å². The number of aromatic nitrogens is 3. The van der Waals surface area contributed by atoms with E-state index >= 15 is 0 Å². The molecule has 6 nitrogen and oxygen atoms in total. The third-order valence-corrected chi connectivity index (χ3v) is 4.59. The second-order valence-corrected chi connectivity index (χ2v) is 5.92. The minimum absolute atomic E-state index is 0.283. The number of hydrogen-bond donors (Lipinski definition) is 1. The number of nitrogens with two attached hydrogens (primary N) is 1. The monoisotopic (exact) mass is 270 g/mol. The number of hydrogen-bond acceptors (Lipinski definition) is 6. The molecule has 100 valence electrons. The average molecular weight is 270 g/mol. The Hall–Kier alpha value is -1.08. The first kappa shape index (κ1) is 13.4. The second kappa shape index (κ2) is 5.27. The van der Waals surface area contributed by atoms with Gasteiger partial charge in [0.25, 0.3) is 0 Å². The molecule has 1 aromatic rings. The average Bonchev–Trinajstić information content (AvgIpc) is 2.74. The van der Waals surface area contributed by atoms with Gasteiger partial charge in [0.1, 0.15) is 11.9 Å². The number of methoxy groups -OCH3 is 1. The maximum absolute atomic E-state index is 11.7. The second-order valence-electron chi connectivity index (χ2n) is 4.65. The van der Waals surface area contributed by atoms with Crippen LogP contribution in [0.2, 0.25) is 0 Å². The predicted octanol–water partition coefficient (Wildman–Crippen LogP) is 0.720. The zero-order valence-corrected chi connectivity index (χ0v) is 11.4. The Labute approximate surface area is 110 Å². The summed E-state index contributed by atoms with van der Waals surface area (Å²) in [7, 11) is 3.24. The molecule has 1 aliphatic rings. The fourth-order valence-electron chi connectivity index (χ4n) is 2.29. The molecule has 0 saturated heterocycles. The molecule has 0 spiro atoms. The third-order valence-electron chi connectivity index (χ3n) is 3.27. The van der Waals surface area contributed by atoms with Crippen molar-refractivity contribution >= 4 is 17.7 Å². The van der Waals surface area contributed by atoms with Gasteiger partial charge >= 0.3 is 5.97 Å². The van der Waals surface area contributed by atoms with Crippen LogP contribution in [0.1, 0.15) is 25.7 Å². The molecule has 1 aromatic heterocycles. The van der Waals surface area contributed by atoms with Crippen molar-refractivity contribution in [2.24, 2.45) is 12.8 Å². The van der Waals surface area contributed by atoms with Crippen LogP contribution in [0, 0.1) is 0 Å². The number of rotatable bonds is 3. The molecule has 2 rings (SSSR count). The zero-order chi connectivity index (χ0) is 13.2. The SMILES string of the molecule is COC(=O)C1(N)CCCC(Sc2ncnn2C)C1. The van der Waals surface area contributed by atoms with Crippen molar-refractivity contribution in [2.45, 2.75) is 41.6 Å². The van der Waals surface area contributed by atoms with Crippen molar-refractivity contribution in [2.75, 3.05) is 7.11 Å². The molecule has 0 amide bonds. The van der Waals surface area contributed by atoms with Crippen LogP contribution in [-0.4, -0.2) is 38.6 Å². The van der Waals surface area contributed by atoms with Gasteiger partial charge < -0.3 is 10.5 Å². The van der Waals surface area contributed by atoms with Gasteiger partial charge in [0.2, 0.25) is 0 Å². The summed E-state index contributed by atoms with van der Waals surface area (Å²) in [5.41, 5.74) is 5.30. The van der Waals surface area contributed by atoms with Gasteiger partial charge in [-0.1, -0.05) is 11.8 Å². The van der Waals surface area contributed by atoms with Crippen molar-refractivity contribution in [3.8, 4) is 0 Å². The largest absolute Gasteiger partial charge is 0.468 e. The van der Waals surface area contributed by atoms with E-state index in [9.17, 15) is 4.79 Å². The van der Waals surface area contributed by atoms with Crippen molar-refractivity contribution in [3.05, 3.63) is 6.33 Å². The Bertz CT molecular complexity index is 436. The van der Waals surface area contributed by atoms with E-state index in [1.807, 2.05) is 7.05 Å². The lowest BCUT2D eigenvalue weighted by atomic mass is 9.82. The maximum atomic E-state index is 11.7. The Balaban J connectivity index is 2.03. The molecule has 0 radical (unpaired) electrons. The minimum Gasteiger partial charge on any atom is -0.468 e. The van der Waals surface area contributed by atoms with E-state index in [2.05, 4.69) is 10.1 Å². The van der Waals surface area contributed by atoms with Gasteiger partial charge in [0.05, 0.1) is 7.11 Å². The maximum Gasteiger partial charge on any atom is 0.325 e. The molecule has 1 heterocycles. The molecule has 1 saturated carbocycles. The highest BCUT2D eigenvalue weighted by molar-refractivity contribution is 7.99. The van der Waals surface area contributed by atoms with E-state index in [4.69, 9.17) is 10.5 Å². The molecule has 7 heteroatoms. The quantitative estimate of drug-likeness (QED) is 0.815. The number of nitrogens with zero attached hydrogens (tertiary/aromatic N) is 3. The highest BCUT2D eigenvalue weighted by Gasteiger charge is 2.40. The summed E-state index contributed by atoms with van der Waals surface area (Å²) in [6.07, 6.45) is 4.81. The van der Waals surface area contributed by atoms with Crippen LogP contribution in [0.3, 0.4) is 0 Å². The smallest absolute Gasteiger partial charge is 0.325 e. The molecule has 0 bridgehead atoms. The van der Waals surface area contributed by atoms with Crippen molar-refractivity contribution < 1.29 is 9.53 Å². The van der Waals surface area contributed by atoms with Gasteiger partial charge in [-0.15, -0.1) is 0 Å². The molecule has 1 fully saturated rings. The summed E-state index contributed by atoms with van der Waals surface area (Å²) in [5, 5.41) is 5.17. The summed E-state index contributed by atoms with van der Waals surface area (Å²) in [6.45, 7) is 0. The van der Waals surface area contributed by atoms with E-state index < -0.39 is 5.54 Å². The van der Waals surface area contributed by atoms with Crippen molar-refractivity contribution in [1.29, 1.82) is 0 Å². The van der Waals surface area contributed by atoms with E-state index in [1.54, 1.807) is 16.4 Å². The van der Waals surface area contributed by atoms with Crippen molar-refractivity contribution in [3.63, 3.8) is 0 Å². The number of carbonyl (C=O) groups is 1. The zero-order valence-electron chi connectivity index (χ0n) is 10.6. The van der Waals surface area contributed by atoms with Gasteiger partial charge in [0.15, 0.2) is 5.16 Å². The summed E-state index contributed by atoms with van der Waals surface area (Å²) in [4.78, 5) is 15.9. The number of ether oxygens (including phenoxy) is 1. The molecular weight excluding hydrogens is 252 g/mol. The number of thioether (sulfide) groups is 1. The molecule has 2 atom stereocenters. The van der Waals surface area contributed by atoms with Gasteiger partial charge in [-0.25, -0.2) is 9.67 Å². The van der Waals surface area contributed by atoms with Crippen LogP contribution in [0.5, 0.6) is 0 Å². The third kappa shape index (κ3) is 2.67. The molecule has 1 aliphatic carbocycles. The Morgan fingerprint density at radius 2 is 2.50 bits per heavy atom. The summed E-state index contributed by atoms with van der Waals surface area (Å²) >= 11 is 1.63. The van der Waals surface area contributed by atoms with E-state index in [-0.39, 0.29) is 11.2 Å². The van der Waals surface area contributed by atoms with Crippen LogP contribution in [0.25, 0.3) is 0 Å². The standard InChI is InChI=1S/C11H18N4O2S/c1-15-10(13-7-14-15)18-8-4-3-5-11(12,6-8)9(16)17-2/h7-8H,3-6,12H2,1-2H3. The highest BCUT2D eigenvalue weighted by atomic mass is 32.2. The van der Waals surface area contributed by atoms with Crippen LogP contribution in [0.4, 0.5) is 0 Å². The lowest BCUT2D eigenvalue weighted by Gasteiger charge is -2.34. The fourth-order valence-corrected chi connectivity index (χ4v) is 3.56. The first-order chi connectivity index (χ1) is 8.55. The molecule has 18 heavy (non-hydrogen) atoms. The van der Waals surface area contributed by atoms with Gasteiger partial charge in [-0.3, -0.25) is 4.79 Å². The van der Waals surface area contributed by atoms with Crippen LogP contribution in [-0.2, 0) is 16.6 Å². The van der Waals surface area contributed by atoms with Gasteiger partial charge in [0, 0.05) is 12.3 Å². The molecule has 2 N–H and O–H groups in total. The van der Waals surface area contributed by atoms with Crippen molar-refractivity contribution in [1.82, 2.24) is 14.8 Å². The lowest BCUT2D eigenvalue weighted by molar-refractivity contribution is -0.148. The normalized spacial score (nSPS) is 28.1.